The lowest BCUT2D eigenvalue weighted by molar-refractivity contribution is 1.14. The molecule has 5 N–H and O–H groups in total. The summed E-state index contributed by atoms with van der Waals surface area (Å²) >= 11 is 1.49. The van der Waals surface area contributed by atoms with E-state index >= 15 is 0 Å². The van der Waals surface area contributed by atoms with E-state index in [9.17, 15) is 0 Å². The van der Waals surface area contributed by atoms with Crippen LogP contribution >= 0.6 is 11.9 Å². The minimum atomic E-state index is 0.678. The van der Waals surface area contributed by atoms with Crippen LogP contribution in [0.5, 0.6) is 0 Å². The van der Waals surface area contributed by atoms with Crippen molar-refractivity contribution in [2.45, 2.75) is 4.90 Å². The molecule has 0 aromatic heterocycles. The summed E-state index contributed by atoms with van der Waals surface area (Å²) in [7, 11) is 0. The zero-order valence-electron chi connectivity index (χ0n) is 6.37. The molecular weight excluding hydrogens is 170 g/mol. The molecule has 62 valence electrons. The first-order valence-electron chi connectivity index (χ1n) is 3.55. The maximum atomic E-state index is 5.62. The Kier molecular flexibility index (Phi) is 1.62. The van der Waals surface area contributed by atoms with Gasteiger partial charge in [0, 0.05) is 10.6 Å². The molecule has 0 fully saturated rings. The second-order valence-electron chi connectivity index (χ2n) is 2.60. The van der Waals surface area contributed by atoms with Crippen molar-refractivity contribution in [1.82, 2.24) is 4.72 Å². The van der Waals surface area contributed by atoms with E-state index in [1.165, 1.54) is 11.9 Å². The van der Waals surface area contributed by atoms with E-state index in [4.69, 9.17) is 11.5 Å². The summed E-state index contributed by atoms with van der Waals surface area (Å²) in [6.07, 6.45) is 1.89. The average molecular weight is 179 g/mol. The van der Waals surface area contributed by atoms with Crippen molar-refractivity contribution in [3.8, 4) is 0 Å². The Bertz CT molecular complexity index is 346. The topological polar surface area (TPSA) is 64.1 Å². The molecule has 12 heavy (non-hydrogen) atoms. The van der Waals surface area contributed by atoms with E-state index in [1.807, 2.05) is 24.3 Å². The van der Waals surface area contributed by atoms with Crippen LogP contribution in [0.4, 0.5) is 5.69 Å². The maximum absolute atomic E-state index is 5.62. The van der Waals surface area contributed by atoms with Crippen molar-refractivity contribution >= 4 is 23.7 Å². The van der Waals surface area contributed by atoms with E-state index in [0.717, 1.165) is 16.1 Å². The monoisotopic (exact) mass is 179 g/mol. The molecule has 1 aromatic rings. The van der Waals surface area contributed by atoms with Gasteiger partial charge in [-0.1, -0.05) is 6.07 Å². The molecule has 1 aliphatic rings. The van der Waals surface area contributed by atoms with E-state index in [2.05, 4.69) is 4.72 Å². The smallest absolute Gasteiger partial charge is 0.107 e. The van der Waals surface area contributed by atoms with Crippen LogP contribution in [0.15, 0.2) is 28.9 Å². The van der Waals surface area contributed by atoms with Crippen LogP contribution in [-0.2, 0) is 0 Å². The van der Waals surface area contributed by atoms with Gasteiger partial charge in [0.1, 0.15) is 5.82 Å². The van der Waals surface area contributed by atoms with Crippen LogP contribution in [0.1, 0.15) is 5.56 Å². The molecular formula is C8H9N3S. The lowest BCUT2D eigenvalue weighted by atomic mass is 10.2. The minimum absolute atomic E-state index is 0.678. The fourth-order valence-electron chi connectivity index (χ4n) is 1.07. The third-order valence-corrected chi connectivity index (χ3v) is 2.54. The van der Waals surface area contributed by atoms with Crippen LogP contribution in [-0.4, -0.2) is 0 Å². The van der Waals surface area contributed by atoms with Gasteiger partial charge in [-0.3, -0.25) is 0 Å². The summed E-state index contributed by atoms with van der Waals surface area (Å²) in [5.74, 6) is 0.678. The van der Waals surface area contributed by atoms with Gasteiger partial charge in [-0.05, 0) is 35.7 Å². The third kappa shape index (κ3) is 1.21. The number of fused-ring (bicyclic) bond motifs is 1. The van der Waals surface area contributed by atoms with Crippen molar-refractivity contribution in [2.24, 2.45) is 5.73 Å². The van der Waals surface area contributed by atoms with E-state index in [0.29, 0.717) is 5.82 Å². The Hall–Kier alpha value is -1.29. The Morgan fingerprint density at radius 3 is 2.92 bits per heavy atom. The maximum Gasteiger partial charge on any atom is 0.107 e. The molecule has 1 heterocycles. The number of nitrogen functional groups attached to an aromatic ring is 1. The van der Waals surface area contributed by atoms with Gasteiger partial charge in [0.15, 0.2) is 0 Å². The Morgan fingerprint density at radius 1 is 1.25 bits per heavy atom. The van der Waals surface area contributed by atoms with Gasteiger partial charge in [-0.25, -0.2) is 0 Å². The number of rotatable bonds is 0. The lowest BCUT2D eigenvalue weighted by Gasteiger charge is -2.14. The minimum Gasteiger partial charge on any atom is -0.399 e. The number of hydrogen-bond donors (Lipinski definition) is 3. The lowest BCUT2D eigenvalue weighted by Crippen LogP contribution is -2.15. The number of nitrogens with one attached hydrogen (secondary N) is 1. The van der Waals surface area contributed by atoms with Gasteiger partial charge in [-0.15, -0.1) is 0 Å². The predicted octanol–water partition coefficient (Wildman–Crippen LogP) is 1.14. The second-order valence-corrected chi connectivity index (χ2v) is 3.45. The van der Waals surface area contributed by atoms with Crippen LogP contribution in [0.25, 0.3) is 6.08 Å². The van der Waals surface area contributed by atoms with Crippen LogP contribution in [0.2, 0.25) is 0 Å². The van der Waals surface area contributed by atoms with Crippen LogP contribution < -0.4 is 16.2 Å². The SMILES string of the molecule is NC1=Cc2ccc(N)cc2SN1. The highest BCUT2D eigenvalue weighted by molar-refractivity contribution is 7.97. The van der Waals surface area contributed by atoms with E-state index in [-0.39, 0.29) is 0 Å². The molecule has 2 rings (SSSR count). The molecule has 0 aliphatic carbocycles. The normalized spacial score (nSPS) is 14.5. The molecule has 3 nitrogen and oxygen atoms in total. The number of anilines is 1. The third-order valence-electron chi connectivity index (χ3n) is 1.63. The summed E-state index contributed by atoms with van der Waals surface area (Å²) in [5.41, 5.74) is 13.1. The van der Waals surface area contributed by atoms with Gasteiger partial charge < -0.3 is 16.2 Å². The zero-order chi connectivity index (χ0) is 8.55. The first kappa shape index (κ1) is 7.36. The van der Waals surface area contributed by atoms with E-state index in [1.54, 1.807) is 0 Å². The van der Waals surface area contributed by atoms with Gasteiger partial charge in [0.05, 0.1) is 0 Å². The molecule has 0 unspecified atom stereocenters. The van der Waals surface area contributed by atoms with Crippen LogP contribution in [0.3, 0.4) is 0 Å². The molecule has 0 bridgehead atoms. The van der Waals surface area contributed by atoms with Gasteiger partial charge in [-0.2, -0.15) is 0 Å². The summed E-state index contributed by atoms with van der Waals surface area (Å²) in [5, 5.41) is 0. The quantitative estimate of drug-likeness (QED) is 0.413. The zero-order valence-corrected chi connectivity index (χ0v) is 7.19. The summed E-state index contributed by atoms with van der Waals surface area (Å²) < 4.78 is 2.97. The number of nitrogens with two attached hydrogens (primary N) is 2. The van der Waals surface area contributed by atoms with Crippen molar-refractivity contribution in [3.63, 3.8) is 0 Å². The average Bonchev–Trinajstić information content (AvgIpc) is 2.05. The predicted molar refractivity (Wildman–Crippen MR) is 52.0 cm³/mol. The van der Waals surface area contributed by atoms with Crippen molar-refractivity contribution in [2.75, 3.05) is 5.73 Å². The Morgan fingerprint density at radius 2 is 2.08 bits per heavy atom. The molecule has 4 heteroatoms. The fourth-order valence-corrected chi connectivity index (χ4v) is 1.80. The largest absolute Gasteiger partial charge is 0.399 e. The number of benzene rings is 1. The van der Waals surface area contributed by atoms with Crippen LogP contribution in [0, 0.1) is 0 Å². The highest BCUT2D eigenvalue weighted by atomic mass is 32.2. The highest BCUT2D eigenvalue weighted by Gasteiger charge is 2.07. The fraction of sp³-hybridized carbons (Fsp3) is 0. The van der Waals surface area contributed by atoms with Gasteiger partial charge in [0.2, 0.25) is 0 Å². The molecule has 1 aromatic carbocycles. The Labute approximate surface area is 75.0 Å². The molecule has 0 atom stereocenters. The summed E-state index contributed by atoms with van der Waals surface area (Å²) in [6.45, 7) is 0. The van der Waals surface area contributed by atoms with Gasteiger partial charge in [0.25, 0.3) is 0 Å². The standard InChI is InChI=1S/C8H9N3S/c9-6-2-1-5-3-8(10)11-12-7(5)4-6/h1-4,11H,9-10H2. The second kappa shape index (κ2) is 2.64. The summed E-state index contributed by atoms with van der Waals surface area (Å²) in [6, 6.07) is 5.76. The number of hydrogen-bond acceptors (Lipinski definition) is 4. The van der Waals surface area contributed by atoms with Crippen molar-refractivity contribution in [3.05, 3.63) is 29.6 Å². The molecule has 0 radical (unpaired) electrons. The Balaban J connectivity index is 2.51. The van der Waals surface area contributed by atoms with Crippen molar-refractivity contribution < 1.29 is 0 Å². The molecule has 0 amide bonds. The molecule has 0 saturated heterocycles. The highest BCUT2D eigenvalue weighted by Crippen LogP contribution is 2.28. The van der Waals surface area contributed by atoms with E-state index < -0.39 is 0 Å². The molecule has 0 saturated carbocycles. The molecule has 0 spiro atoms. The van der Waals surface area contributed by atoms with Crippen molar-refractivity contribution in [1.29, 1.82) is 0 Å². The molecule has 1 aliphatic heterocycles. The first-order chi connectivity index (χ1) is 5.75. The first-order valence-corrected chi connectivity index (χ1v) is 4.37. The van der Waals surface area contributed by atoms with Gasteiger partial charge >= 0.3 is 0 Å². The summed E-state index contributed by atoms with van der Waals surface area (Å²) in [4.78, 5) is 1.12.